The van der Waals surface area contributed by atoms with Gasteiger partial charge in [0, 0.05) is 17.3 Å². The second-order valence-corrected chi connectivity index (χ2v) is 28.3. The summed E-state index contributed by atoms with van der Waals surface area (Å²) in [5, 5.41) is 9.89. The van der Waals surface area contributed by atoms with Gasteiger partial charge in [-0.2, -0.15) is 0 Å². The predicted octanol–water partition coefficient (Wildman–Crippen LogP) is 8.75. The molecule has 224 valence electrons. The Labute approximate surface area is 253 Å². The van der Waals surface area contributed by atoms with Crippen molar-refractivity contribution < 1.29 is 32.2 Å². The number of aliphatic hydroxyl groups excluding tert-OH is 1. The summed E-state index contributed by atoms with van der Waals surface area (Å²) < 4.78 is 36.6. The molecule has 0 rings (SSSR count). The van der Waals surface area contributed by atoms with Crippen LogP contribution < -0.4 is 0 Å². The van der Waals surface area contributed by atoms with E-state index in [4.69, 9.17) is 62.6 Å². The van der Waals surface area contributed by atoms with Crippen LogP contribution in [0.1, 0.15) is 76.2 Å². The molecule has 0 saturated carbocycles. The van der Waals surface area contributed by atoms with Crippen LogP contribution in [0.25, 0.3) is 0 Å². The minimum absolute atomic E-state index is 0.0409. The third kappa shape index (κ3) is 20.3. The van der Waals surface area contributed by atoms with Crippen molar-refractivity contribution >= 4 is 86.6 Å². The quantitative estimate of drug-likeness (QED) is 0.116. The maximum atomic E-state index is 9.89. The van der Waals surface area contributed by atoms with Gasteiger partial charge in [0.25, 0.3) is 0 Å². The molecule has 37 heavy (non-hydrogen) atoms. The zero-order valence-corrected chi connectivity index (χ0v) is 31.4. The maximum absolute atomic E-state index is 9.89. The van der Waals surface area contributed by atoms with Crippen LogP contribution in [0.3, 0.4) is 0 Å². The molecule has 7 nitrogen and oxygen atoms in total. The van der Waals surface area contributed by atoms with Crippen molar-refractivity contribution in [1.82, 2.24) is 0 Å². The molecule has 0 radical (unpaired) electrons. The van der Waals surface area contributed by atoms with Gasteiger partial charge in [0.1, 0.15) is 0 Å². The van der Waals surface area contributed by atoms with E-state index in [0.717, 1.165) is 0 Å². The Hall–Kier alpha value is 2.72. The zero-order valence-electron chi connectivity index (χ0n) is 23.9. The van der Waals surface area contributed by atoms with E-state index in [2.05, 4.69) is 0 Å². The molecular weight excluding hydrogens is 650 g/mol. The average molecular weight is 697 g/mol. The van der Waals surface area contributed by atoms with Crippen LogP contribution in [0.5, 0.6) is 0 Å². The highest BCUT2D eigenvalue weighted by Crippen LogP contribution is 2.67. The molecule has 0 aromatic rings. The Kier molecular flexibility index (Phi) is 20.5. The standard InChI is InChI=1S/C21H47O7P3S6/c1-15(2)23-29(32,24-16(3)4)36-13-20(10)27-31(34,35-12-19(9)22)28-21(11)14-37-30(33,25-17(5)6)26-18(7)8/h15-22H,12-14H2,1-11H3. The smallest absolute Gasteiger partial charge is 0.248 e. The van der Waals surface area contributed by atoms with Crippen LogP contribution in [-0.4, -0.2) is 65.1 Å². The van der Waals surface area contributed by atoms with Gasteiger partial charge in [-0.15, -0.1) is 0 Å². The zero-order chi connectivity index (χ0) is 29.0. The summed E-state index contributed by atoms with van der Waals surface area (Å²) in [4.78, 5) is 0. The predicted molar refractivity (Wildman–Crippen MR) is 178 cm³/mol. The van der Waals surface area contributed by atoms with Gasteiger partial charge in [-0.1, -0.05) is 34.1 Å². The third-order valence-corrected chi connectivity index (χ3v) is 20.3. The van der Waals surface area contributed by atoms with E-state index >= 15 is 0 Å². The van der Waals surface area contributed by atoms with Crippen molar-refractivity contribution in [1.29, 1.82) is 0 Å². The van der Waals surface area contributed by atoms with Gasteiger partial charge in [-0.25, -0.2) is 0 Å². The van der Waals surface area contributed by atoms with Crippen molar-refractivity contribution in [3.8, 4) is 0 Å². The van der Waals surface area contributed by atoms with Gasteiger partial charge in [0.05, 0.1) is 42.7 Å². The summed E-state index contributed by atoms with van der Waals surface area (Å²) in [6, 6.07) is 0. The first kappa shape index (κ1) is 39.7. The highest BCUT2D eigenvalue weighted by Gasteiger charge is 2.31. The van der Waals surface area contributed by atoms with Crippen LogP contribution >= 0.6 is 51.2 Å². The Morgan fingerprint density at radius 2 is 0.730 bits per heavy atom. The molecule has 0 aliphatic carbocycles. The third-order valence-electron chi connectivity index (χ3n) is 3.39. The molecule has 0 bridgehead atoms. The normalized spacial score (nSPS) is 17.5. The average Bonchev–Trinajstić information content (AvgIpc) is 2.67. The van der Waals surface area contributed by atoms with Crippen LogP contribution in [-0.2, 0) is 62.6 Å². The molecule has 0 aliphatic heterocycles. The summed E-state index contributed by atoms with van der Waals surface area (Å²) in [6.07, 6.45) is -1.22. The minimum Gasteiger partial charge on any atom is -0.393 e. The first-order chi connectivity index (χ1) is 16.8. The van der Waals surface area contributed by atoms with Gasteiger partial charge in [0.2, 0.25) is 17.1 Å². The van der Waals surface area contributed by atoms with Crippen molar-refractivity contribution in [3.05, 3.63) is 0 Å². The van der Waals surface area contributed by atoms with E-state index in [1.807, 2.05) is 69.2 Å². The Balaban J connectivity index is 5.36. The summed E-state index contributed by atoms with van der Waals surface area (Å²) in [5.74, 6) is 1.50. The molecular formula is C21H47O7P3S6. The SMILES string of the molecule is CC(O)CSP(=S)(OC(C)CSP(=S)(OC(C)C)OC(C)C)OC(C)CSP(=S)(OC(C)C)OC(C)C. The van der Waals surface area contributed by atoms with Crippen LogP contribution in [0.2, 0.25) is 0 Å². The largest absolute Gasteiger partial charge is 0.393 e. The van der Waals surface area contributed by atoms with E-state index in [9.17, 15) is 5.11 Å². The molecule has 1 N–H and O–H groups in total. The Bertz CT molecular complexity index is 704. The highest BCUT2D eigenvalue weighted by molar-refractivity contribution is 8.68. The molecule has 3 atom stereocenters. The second kappa shape index (κ2) is 19.1. The van der Waals surface area contributed by atoms with Crippen LogP contribution in [0, 0.1) is 0 Å². The molecule has 0 spiro atoms. The lowest BCUT2D eigenvalue weighted by Crippen LogP contribution is -2.16. The molecule has 0 heterocycles. The topological polar surface area (TPSA) is 75.6 Å². The van der Waals surface area contributed by atoms with Crippen LogP contribution in [0.4, 0.5) is 0 Å². The summed E-state index contributed by atoms with van der Waals surface area (Å²) in [6.45, 7) is 21.2. The monoisotopic (exact) mass is 696 g/mol. The van der Waals surface area contributed by atoms with E-state index in [1.165, 1.54) is 34.1 Å². The van der Waals surface area contributed by atoms with Gasteiger partial charge in [-0.3, -0.25) is 0 Å². The van der Waals surface area contributed by atoms with Crippen molar-refractivity contribution in [2.75, 3.05) is 17.3 Å². The molecule has 0 saturated heterocycles. The van der Waals surface area contributed by atoms with E-state index < -0.39 is 23.2 Å². The fourth-order valence-electron chi connectivity index (χ4n) is 2.38. The van der Waals surface area contributed by atoms with Gasteiger partial charge < -0.3 is 32.2 Å². The van der Waals surface area contributed by atoms with Gasteiger partial charge in [-0.05, 0) is 112 Å². The molecule has 16 heteroatoms. The molecule has 0 aliphatic rings. The highest BCUT2D eigenvalue weighted by atomic mass is 32.9. The van der Waals surface area contributed by atoms with Crippen molar-refractivity contribution in [3.63, 3.8) is 0 Å². The minimum atomic E-state index is -2.80. The fourth-order valence-corrected chi connectivity index (χ4v) is 19.7. The van der Waals surface area contributed by atoms with Crippen LogP contribution in [0.15, 0.2) is 0 Å². The molecule has 0 aromatic carbocycles. The fraction of sp³-hybridized carbons (Fsp3) is 1.00. The molecule has 0 amide bonds. The molecule has 0 fully saturated rings. The first-order valence-corrected chi connectivity index (χ1v) is 25.0. The summed E-state index contributed by atoms with van der Waals surface area (Å²) >= 11 is 21.7. The molecule has 3 unspecified atom stereocenters. The van der Waals surface area contributed by atoms with E-state index in [1.54, 1.807) is 6.92 Å². The Morgan fingerprint density at radius 1 is 0.486 bits per heavy atom. The second-order valence-electron chi connectivity index (χ2n) is 9.53. The van der Waals surface area contributed by atoms with E-state index in [-0.39, 0.29) is 36.6 Å². The van der Waals surface area contributed by atoms with Crippen molar-refractivity contribution in [2.24, 2.45) is 0 Å². The number of aliphatic hydroxyl groups is 1. The van der Waals surface area contributed by atoms with Crippen molar-refractivity contribution in [2.45, 2.75) is 119 Å². The van der Waals surface area contributed by atoms with Gasteiger partial charge >= 0.3 is 0 Å². The summed E-state index contributed by atoms with van der Waals surface area (Å²) in [5.41, 5.74) is -7.88. The lowest BCUT2D eigenvalue weighted by Gasteiger charge is -2.31. The number of hydrogen-bond donors (Lipinski definition) is 1. The number of rotatable bonds is 21. The maximum Gasteiger partial charge on any atom is 0.248 e. The lowest BCUT2D eigenvalue weighted by atomic mass is 10.5. The molecule has 0 aromatic heterocycles. The number of hydrogen-bond acceptors (Lipinski definition) is 13. The van der Waals surface area contributed by atoms with Gasteiger partial charge in [0.15, 0.2) is 0 Å². The summed E-state index contributed by atoms with van der Waals surface area (Å²) in [7, 11) is 0. The first-order valence-electron chi connectivity index (χ1n) is 12.3. The Morgan fingerprint density at radius 3 is 0.973 bits per heavy atom. The van der Waals surface area contributed by atoms with E-state index in [0.29, 0.717) is 17.3 Å². The lowest BCUT2D eigenvalue weighted by molar-refractivity contribution is 0.182.